The number of nitrogens with one attached hydrogen (secondary N) is 2. The van der Waals surface area contributed by atoms with Gasteiger partial charge >= 0.3 is 0 Å². The molecule has 1 aromatic carbocycles. The van der Waals surface area contributed by atoms with E-state index in [1.165, 1.54) is 11.2 Å². The number of benzene rings is 1. The van der Waals surface area contributed by atoms with Gasteiger partial charge in [0.15, 0.2) is 5.76 Å². The van der Waals surface area contributed by atoms with Crippen LogP contribution in [0.2, 0.25) is 0 Å². The second kappa shape index (κ2) is 9.94. The molecule has 0 atom stereocenters. The molecule has 7 heteroatoms. The lowest BCUT2D eigenvalue weighted by Gasteiger charge is -2.26. The molecule has 7 nitrogen and oxygen atoms in total. The van der Waals surface area contributed by atoms with E-state index in [1.807, 2.05) is 44.1 Å². The van der Waals surface area contributed by atoms with Crippen LogP contribution in [0.1, 0.15) is 29.5 Å². The van der Waals surface area contributed by atoms with E-state index in [0.29, 0.717) is 25.3 Å². The first-order valence-corrected chi connectivity index (χ1v) is 9.53. The zero-order valence-corrected chi connectivity index (χ0v) is 17.4. The van der Waals surface area contributed by atoms with Crippen molar-refractivity contribution in [1.82, 2.24) is 4.90 Å². The van der Waals surface area contributed by atoms with Gasteiger partial charge in [0.05, 0.1) is 33.4 Å². The molecule has 2 amide bonds. The molecule has 0 radical (unpaired) electrons. The van der Waals surface area contributed by atoms with Crippen LogP contribution in [0.4, 0.5) is 11.4 Å². The number of likely N-dealkylation sites (N-methyl/N-ethyl adjacent to an activating group) is 1. The lowest BCUT2D eigenvalue weighted by atomic mass is 10.1. The fourth-order valence-corrected chi connectivity index (χ4v) is 2.85. The summed E-state index contributed by atoms with van der Waals surface area (Å²) >= 11 is 0. The van der Waals surface area contributed by atoms with Gasteiger partial charge < -0.3 is 24.4 Å². The van der Waals surface area contributed by atoms with Gasteiger partial charge in [-0.25, -0.2) is 0 Å². The summed E-state index contributed by atoms with van der Waals surface area (Å²) in [5.74, 6) is 0.151. The van der Waals surface area contributed by atoms with Gasteiger partial charge in [0, 0.05) is 38.4 Å². The molecule has 1 aromatic heterocycles. The van der Waals surface area contributed by atoms with Gasteiger partial charge in [0.25, 0.3) is 5.91 Å². The Hall–Kier alpha value is -2.80. The largest absolute Gasteiger partial charge is 0.459 e. The molecule has 0 aliphatic heterocycles. The van der Waals surface area contributed by atoms with E-state index in [4.69, 9.17) is 4.42 Å². The molecule has 2 N–H and O–H groups in total. The standard InChI is InChI=1S/C21H30N4O3/c1-6-20(26)22-17-9-10-18(24(4)5)16(14-17)15-25(12-11-23(2)3)21(27)19-8-7-13-28-19/h7-10,13-14H,6,11-12,15H2,1-5H3,(H,22,26)/p+1. The number of nitrogens with zero attached hydrogens (tertiary/aromatic N) is 2. The van der Waals surface area contributed by atoms with E-state index in [1.54, 1.807) is 17.0 Å². The predicted octanol–water partition coefficient (Wildman–Crippen LogP) is 1.48. The van der Waals surface area contributed by atoms with Crippen LogP contribution in [-0.4, -0.2) is 58.0 Å². The smallest absolute Gasteiger partial charge is 0.290 e. The van der Waals surface area contributed by atoms with Crippen LogP contribution in [0.5, 0.6) is 0 Å². The molecule has 0 bridgehead atoms. The van der Waals surface area contributed by atoms with Gasteiger partial charge in [-0.1, -0.05) is 6.92 Å². The van der Waals surface area contributed by atoms with Crippen molar-refractivity contribution in [3.8, 4) is 0 Å². The molecule has 0 saturated carbocycles. The molecule has 28 heavy (non-hydrogen) atoms. The third kappa shape index (κ3) is 5.85. The first-order chi connectivity index (χ1) is 13.3. The number of quaternary nitrogens is 1. The highest BCUT2D eigenvalue weighted by Crippen LogP contribution is 2.25. The normalized spacial score (nSPS) is 10.8. The highest BCUT2D eigenvalue weighted by atomic mass is 16.3. The monoisotopic (exact) mass is 387 g/mol. The van der Waals surface area contributed by atoms with Crippen LogP contribution in [0.25, 0.3) is 0 Å². The Bertz CT molecular complexity index is 785. The number of hydrogen-bond donors (Lipinski definition) is 2. The first kappa shape index (κ1) is 21.5. The van der Waals surface area contributed by atoms with Crippen molar-refractivity contribution in [3.05, 3.63) is 47.9 Å². The molecule has 0 fully saturated rings. The van der Waals surface area contributed by atoms with Crippen molar-refractivity contribution in [2.45, 2.75) is 19.9 Å². The maximum atomic E-state index is 13.0. The average Bonchev–Trinajstić information content (AvgIpc) is 3.18. The van der Waals surface area contributed by atoms with Crippen molar-refractivity contribution in [2.24, 2.45) is 0 Å². The number of carbonyl (C=O) groups is 2. The van der Waals surface area contributed by atoms with Crippen LogP contribution in [0, 0.1) is 0 Å². The predicted molar refractivity (Wildman–Crippen MR) is 111 cm³/mol. The minimum absolute atomic E-state index is 0.0386. The molecule has 2 rings (SSSR count). The van der Waals surface area contributed by atoms with E-state index < -0.39 is 0 Å². The second-order valence-corrected chi connectivity index (χ2v) is 7.30. The summed E-state index contributed by atoms with van der Waals surface area (Å²) in [6, 6.07) is 9.19. The zero-order chi connectivity index (χ0) is 20.7. The summed E-state index contributed by atoms with van der Waals surface area (Å²) in [6.45, 7) is 3.66. The Balaban J connectivity index is 2.32. The summed E-state index contributed by atoms with van der Waals surface area (Å²) in [4.78, 5) is 29.8. The summed E-state index contributed by atoms with van der Waals surface area (Å²) in [6.07, 6.45) is 1.92. The van der Waals surface area contributed by atoms with Gasteiger partial charge in [-0.3, -0.25) is 9.59 Å². The lowest BCUT2D eigenvalue weighted by Crippen LogP contribution is -3.06. The number of carbonyl (C=O) groups excluding carboxylic acids is 2. The lowest BCUT2D eigenvalue weighted by molar-refractivity contribution is -0.857. The molecule has 152 valence electrons. The fraction of sp³-hybridized carbons (Fsp3) is 0.429. The molecule has 0 aliphatic carbocycles. The van der Waals surface area contributed by atoms with Crippen LogP contribution in [0.3, 0.4) is 0 Å². The maximum absolute atomic E-state index is 13.0. The summed E-state index contributed by atoms with van der Waals surface area (Å²) in [5.41, 5.74) is 2.70. The van der Waals surface area contributed by atoms with E-state index in [-0.39, 0.29) is 11.8 Å². The topological polar surface area (TPSA) is 70.2 Å². The molecule has 1 heterocycles. The molecule has 0 unspecified atom stereocenters. The van der Waals surface area contributed by atoms with Gasteiger partial charge in [0.1, 0.15) is 0 Å². The average molecular weight is 388 g/mol. The molecule has 2 aromatic rings. The van der Waals surface area contributed by atoms with Gasteiger partial charge in [-0.05, 0) is 35.9 Å². The Morgan fingerprint density at radius 3 is 2.50 bits per heavy atom. The van der Waals surface area contributed by atoms with Crippen LogP contribution in [0.15, 0.2) is 41.0 Å². The van der Waals surface area contributed by atoms with Gasteiger partial charge in [-0.15, -0.1) is 0 Å². The molecular weight excluding hydrogens is 356 g/mol. The highest BCUT2D eigenvalue weighted by molar-refractivity contribution is 5.92. The summed E-state index contributed by atoms with van der Waals surface area (Å²) in [7, 11) is 8.04. The second-order valence-electron chi connectivity index (χ2n) is 7.30. The highest BCUT2D eigenvalue weighted by Gasteiger charge is 2.21. The minimum Gasteiger partial charge on any atom is -0.459 e. The van der Waals surface area contributed by atoms with Crippen LogP contribution in [-0.2, 0) is 11.3 Å². The Labute approximate surface area is 166 Å². The molecule has 0 spiro atoms. The van der Waals surface area contributed by atoms with Crippen molar-refractivity contribution in [2.75, 3.05) is 51.5 Å². The minimum atomic E-state index is -0.140. The van der Waals surface area contributed by atoms with E-state index in [9.17, 15) is 9.59 Å². The van der Waals surface area contributed by atoms with Crippen molar-refractivity contribution < 1.29 is 18.9 Å². The molecule has 0 aliphatic rings. The number of furan rings is 1. The van der Waals surface area contributed by atoms with Crippen LogP contribution < -0.4 is 15.1 Å². The van der Waals surface area contributed by atoms with Crippen LogP contribution >= 0.6 is 0 Å². The summed E-state index contributed by atoms with van der Waals surface area (Å²) < 4.78 is 5.32. The number of hydrogen-bond acceptors (Lipinski definition) is 4. The zero-order valence-electron chi connectivity index (χ0n) is 17.4. The Kier molecular flexibility index (Phi) is 7.63. The SMILES string of the molecule is CCC(=O)Nc1ccc(N(C)C)c(CN(CC[NH+](C)C)C(=O)c2ccco2)c1. The van der Waals surface area contributed by atoms with E-state index >= 15 is 0 Å². The quantitative estimate of drug-likeness (QED) is 0.684. The molecular formula is C21H31N4O3+. The third-order valence-corrected chi connectivity index (χ3v) is 4.43. The van der Waals surface area contributed by atoms with E-state index in [2.05, 4.69) is 19.4 Å². The van der Waals surface area contributed by atoms with Crippen molar-refractivity contribution >= 4 is 23.2 Å². The van der Waals surface area contributed by atoms with Crippen molar-refractivity contribution in [1.29, 1.82) is 0 Å². The number of anilines is 2. The van der Waals surface area contributed by atoms with Gasteiger partial charge in [0.2, 0.25) is 5.91 Å². The van der Waals surface area contributed by atoms with Crippen molar-refractivity contribution in [3.63, 3.8) is 0 Å². The summed E-state index contributed by atoms with van der Waals surface area (Å²) in [5, 5.41) is 2.89. The Morgan fingerprint density at radius 1 is 1.18 bits per heavy atom. The number of amides is 2. The number of rotatable bonds is 9. The fourth-order valence-electron chi connectivity index (χ4n) is 2.85. The third-order valence-electron chi connectivity index (χ3n) is 4.43. The first-order valence-electron chi connectivity index (χ1n) is 9.53. The van der Waals surface area contributed by atoms with E-state index in [0.717, 1.165) is 23.5 Å². The molecule has 0 saturated heterocycles. The van der Waals surface area contributed by atoms with Gasteiger partial charge in [-0.2, -0.15) is 0 Å². The maximum Gasteiger partial charge on any atom is 0.290 e. The Morgan fingerprint density at radius 2 is 1.93 bits per heavy atom.